The molecule has 0 amide bonds. The highest BCUT2D eigenvalue weighted by atomic mass is 28.2. The Morgan fingerprint density at radius 1 is 0.609 bits per heavy atom. The van der Waals surface area contributed by atoms with Gasteiger partial charge in [0.25, 0.3) is 0 Å². The molecule has 23 heavy (non-hydrogen) atoms. The lowest BCUT2D eigenvalue weighted by atomic mass is 10.0. The zero-order valence-electron chi connectivity index (χ0n) is 12.8. The maximum Gasteiger partial charge on any atom is 0.0708 e. The second-order valence-electron chi connectivity index (χ2n) is 5.69. The van der Waals surface area contributed by atoms with Crippen LogP contribution in [0.3, 0.4) is 0 Å². The summed E-state index contributed by atoms with van der Waals surface area (Å²) in [7, 11) is 0.182. The van der Waals surface area contributed by atoms with E-state index in [0.29, 0.717) is 0 Å². The maximum atomic E-state index is 4.41. The van der Waals surface area contributed by atoms with E-state index in [-0.39, 0.29) is 9.52 Å². The fourth-order valence-corrected chi connectivity index (χ4v) is 3.69. The second-order valence-corrected chi connectivity index (χ2v) is 7.10. The third-order valence-electron chi connectivity index (χ3n) is 4.08. The molecular formula is C21H17NSi. The number of aromatic nitrogens is 1. The lowest BCUT2D eigenvalue weighted by molar-refractivity contribution is 1.42. The molecule has 110 valence electrons. The second kappa shape index (κ2) is 6.19. The van der Waals surface area contributed by atoms with Gasteiger partial charge in [0.1, 0.15) is 0 Å². The molecule has 4 aromatic rings. The predicted octanol–water partition coefficient (Wildman–Crippen LogP) is 4.74. The lowest BCUT2D eigenvalue weighted by Gasteiger charge is -2.04. The van der Waals surface area contributed by atoms with Gasteiger partial charge in [0.05, 0.1) is 15.0 Å². The largest absolute Gasteiger partial charge is 0.256 e. The van der Waals surface area contributed by atoms with Gasteiger partial charge < -0.3 is 0 Å². The van der Waals surface area contributed by atoms with Gasteiger partial charge in [-0.3, -0.25) is 4.98 Å². The molecule has 0 atom stereocenters. The zero-order chi connectivity index (χ0) is 15.5. The van der Waals surface area contributed by atoms with Crippen molar-refractivity contribution in [2.75, 3.05) is 0 Å². The Morgan fingerprint density at radius 3 is 1.87 bits per heavy atom. The SMILES string of the molecule is C1=C[SiH2]C=C1.c1ccc2cc3cc4ncccc4cc3cc2c1. The summed E-state index contributed by atoms with van der Waals surface area (Å²) in [6.07, 6.45) is 6.08. The summed E-state index contributed by atoms with van der Waals surface area (Å²) in [6.45, 7) is 0. The van der Waals surface area contributed by atoms with Gasteiger partial charge in [-0.25, -0.2) is 0 Å². The van der Waals surface area contributed by atoms with Crippen LogP contribution in [0.25, 0.3) is 32.4 Å². The molecule has 2 heteroatoms. The summed E-state index contributed by atoms with van der Waals surface area (Å²) in [4.78, 5) is 4.41. The molecule has 1 aliphatic rings. The molecule has 2 heterocycles. The Bertz CT molecular complexity index is 893. The van der Waals surface area contributed by atoms with Crippen LogP contribution in [0.4, 0.5) is 0 Å². The van der Waals surface area contributed by atoms with E-state index in [1.54, 1.807) is 0 Å². The number of pyridine rings is 1. The molecule has 5 rings (SSSR count). The van der Waals surface area contributed by atoms with Crippen molar-refractivity contribution in [1.82, 2.24) is 4.98 Å². The molecule has 1 nitrogen and oxygen atoms in total. The number of hydrogen-bond donors (Lipinski definition) is 0. The number of hydrogen-bond acceptors (Lipinski definition) is 1. The van der Waals surface area contributed by atoms with E-state index >= 15 is 0 Å². The molecule has 0 radical (unpaired) electrons. The Hall–Kier alpha value is -2.71. The van der Waals surface area contributed by atoms with E-state index in [0.717, 1.165) is 5.52 Å². The fourth-order valence-electron chi connectivity index (χ4n) is 2.91. The maximum absolute atomic E-state index is 4.41. The first-order valence-corrected chi connectivity index (χ1v) is 9.52. The number of allylic oxidation sites excluding steroid dienone is 2. The van der Waals surface area contributed by atoms with Crippen molar-refractivity contribution in [3.8, 4) is 0 Å². The number of nitrogens with zero attached hydrogens (tertiary/aromatic N) is 1. The summed E-state index contributed by atoms with van der Waals surface area (Å²) >= 11 is 0. The van der Waals surface area contributed by atoms with Crippen LogP contribution in [0.2, 0.25) is 0 Å². The number of fused-ring (bicyclic) bond motifs is 3. The van der Waals surface area contributed by atoms with Gasteiger partial charge in [0.15, 0.2) is 0 Å². The molecule has 0 bridgehead atoms. The average molecular weight is 311 g/mol. The molecule has 0 aliphatic carbocycles. The summed E-state index contributed by atoms with van der Waals surface area (Å²) in [6, 6.07) is 21.4. The van der Waals surface area contributed by atoms with E-state index in [1.165, 1.54) is 26.9 Å². The van der Waals surface area contributed by atoms with Crippen molar-refractivity contribution < 1.29 is 0 Å². The van der Waals surface area contributed by atoms with Crippen LogP contribution < -0.4 is 0 Å². The summed E-state index contributed by atoms with van der Waals surface area (Å²) in [5.41, 5.74) is 5.58. The van der Waals surface area contributed by atoms with Crippen molar-refractivity contribution in [3.63, 3.8) is 0 Å². The van der Waals surface area contributed by atoms with Gasteiger partial charge in [0.2, 0.25) is 0 Å². The van der Waals surface area contributed by atoms with Crippen molar-refractivity contribution in [2.45, 2.75) is 0 Å². The molecule has 0 N–H and O–H groups in total. The topological polar surface area (TPSA) is 12.9 Å². The minimum absolute atomic E-state index is 0.182. The fraction of sp³-hybridized carbons (Fsp3) is 0. The van der Waals surface area contributed by atoms with E-state index in [2.05, 4.69) is 83.1 Å². The third-order valence-corrected chi connectivity index (χ3v) is 5.17. The summed E-state index contributed by atoms with van der Waals surface area (Å²) in [5.74, 6) is 0. The highest BCUT2D eigenvalue weighted by Crippen LogP contribution is 2.26. The lowest BCUT2D eigenvalue weighted by Crippen LogP contribution is -1.80. The van der Waals surface area contributed by atoms with Gasteiger partial charge in [-0.1, -0.05) is 53.9 Å². The summed E-state index contributed by atoms with van der Waals surface area (Å²) in [5, 5.41) is 6.28. The molecule has 1 aromatic heterocycles. The normalized spacial score (nSPS) is 12.7. The standard InChI is InChI=1S/C17H11N.C4H6Si/c1-2-5-13-9-16-11-17-14(6-3-7-18-17)10-15(16)8-12(13)4-1;1-2-4-5-3-1/h1-11H;1-4H,5H2. The van der Waals surface area contributed by atoms with Gasteiger partial charge in [-0.2, -0.15) is 0 Å². The van der Waals surface area contributed by atoms with Crippen LogP contribution in [-0.4, -0.2) is 14.5 Å². The molecular weight excluding hydrogens is 294 g/mol. The highest BCUT2D eigenvalue weighted by molar-refractivity contribution is 6.49. The van der Waals surface area contributed by atoms with Gasteiger partial charge in [0, 0.05) is 11.6 Å². The van der Waals surface area contributed by atoms with E-state index in [9.17, 15) is 0 Å². The van der Waals surface area contributed by atoms with Crippen LogP contribution in [0.5, 0.6) is 0 Å². The van der Waals surface area contributed by atoms with Gasteiger partial charge in [-0.05, 0) is 51.9 Å². The van der Waals surface area contributed by atoms with Gasteiger partial charge in [-0.15, -0.1) is 0 Å². The Kier molecular flexibility index (Phi) is 3.74. The van der Waals surface area contributed by atoms with Crippen LogP contribution in [-0.2, 0) is 0 Å². The molecule has 0 unspecified atom stereocenters. The Labute approximate surface area is 137 Å². The highest BCUT2D eigenvalue weighted by Gasteiger charge is 2.00. The first-order valence-electron chi connectivity index (χ1n) is 7.89. The van der Waals surface area contributed by atoms with Crippen LogP contribution >= 0.6 is 0 Å². The quantitative estimate of drug-likeness (QED) is 0.338. The molecule has 3 aromatic carbocycles. The van der Waals surface area contributed by atoms with Gasteiger partial charge >= 0.3 is 0 Å². The first-order chi connectivity index (χ1) is 11.4. The van der Waals surface area contributed by atoms with E-state index in [4.69, 9.17) is 0 Å². The molecule has 0 saturated carbocycles. The van der Waals surface area contributed by atoms with Crippen molar-refractivity contribution in [3.05, 3.63) is 90.4 Å². The number of benzene rings is 3. The van der Waals surface area contributed by atoms with Crippen LogP contribution in [0, 0.1) is 0 Å². The Balaban J connectivity index is 0.000000233. The van der Waals surface area contributed by atoms with Crippen LogP contribution in [0.1, 0.15) is 0 Å². The smallest absolute Gasteiger partial charge is 0.0708 e. The minimum atomic E-state index is 0.182. The molecule has 0 saturated heterocycles. The first kappa shape index (κ1) is 13.9. The Morgan fingerprint density at radius 2 is 1.22 bits per heavy atom. The monoisotopic (exact) mass is 311 g/mol. The zero-order valence-corrected chi connectivity index (χ0v) is 14.2. The predicted molar refractivity (Wildman–Crippen MR) is 104 cm³/mol. The minimum Gasteiger partial charge on any atom is -0.256 e. The van der Waals surface area contributed by atoms with Crippen molar-refractivity contribution in [1.29, 1.82) is 0 Å². The van der Waals surface area contributed by atoms with E-state index < -0.39 is 0 Å². The molecule has 0 spiro atoms. The number of rotatable bonds is 0. The van der Waals surface area contributed by atoms with Crippen molar-refractivity contribution in [2.24, 2.45) is 0 Å². The van der Waals surface area contributed by atoms with E-state index in [1.807, 2.05) is 12.3 Å². The average Bonchev–Trinajstić information content (AvgIpc) is 3.18. The van der Waals surface area contributed by atoms with Crippen LogP contribution in [0.15, 0.2) is 90.4 Å². The van der Waals surface area contributed by atoms with Crippen molar-refractivity contribution >= 4 is 42.0 Å². The molecule has 1 aliphatic heterocycles. The summed E-state index contributed by atoms with van der Waals surface area (Å²) < 4.78 is 0. The molecule has 0 fully saturated rings. The third kappa shape index (κ3) is 2.94.